The van der Waals surface area contributed by atoms with Gasteiger partial charge in [0.15, 0.2) is 0 Å². The number of nitrogens with one attached hydrogen (secondary N) is 1. The van der Waals surface area contributed by atoms with Crippen molar-refractivity contribution in [3.05, 3.63) is 58.1 Å². The van der Waals surface area contributed by atoms with E-state index in [1.807, 2.05) is 0 Å². The quantitative estimate of drug-likeness (QED) is 0.688. The van der Waals surface area contributed by atoms with Gasteiger partial charge in [0.1, 0.15) is 4.90 Å². The zero-order valence-electron chi connectivity index (χ0n) is 13.2. The Bertz CT molecular complexity index is 928. The lowest BCUT2D eigenvalue weighted by atomic mass is 10.2. The third-order valence-corrected chi connectivity index (χ3v) is 5.49. The van der Waals surface area contributed by atoms with E-state index in [4.69, 9.17) is 10.5 Å². The zero-order chi connectivity index (χ0) is 18.6. The van der Waals surface area contributed by atoms with E-state index in [2.05, 4.69) is 20.7 Å². The number of nitrogens with two attached hydrogens (primary N) is 1. The normalized spacial score (nSPS) is 11.0. The second kappa shape index (κ2) is 7.66. The number of amides is 1. The summed E-state index contributed by atoms with van der Waals surface area (Å²) in [6, 6.07) is 9.83. The van der Waals surface area contributed by atoms with Crippen LogP contribution in [0, 0.1) is 0 Å². The van der Waals surface area contributed by atoms with Crippen molar-refractivity contribution in [3.63, 3.8) is 0 Å². The summed E-state index contributed by atoms with van der Waals surface area (Å²) < 4.78 is 32.5. The maximum Gasteiger partial charge on any atom is 0.338 e. The first kappa shape index (κ1) is 18.9. The number of carbonyl (C=O) groups is 2. The molecule has 0 aromatic heterocycles. The first-order chi connectivity index (χ1) is 11.7. The average Bonchev–Trinajstić information content (AvgIpc) is 2.54. The van der Waals surface area contributed by atoms with Crippen molar-refractivity contribution >= 4 is 43.5 Å². The Morgan fingerprint density at radius 3 is 2.48 bits per heavy atom. The molecule has 3 N–H and O–H groups in total. The fourth-order valence-electron chi connectivity index (χ4n) is 2.01. The summed E-state index contributed by atoms with van der Waals surface area (Å²) in [5.41, 5.74) is 5.78. The van der Waals surface area contributed by atoms with Crippen molar-refractivity contribution in [1.29, 1.82) is 0 Å². The minimum Gasteiger partial charge on any atom is -0.462 e. The monoisotopic (exact) mass is 426 g/mol. The summed E-state index contributed by atoms with van der Waals surface area (Å²) in [6.45, 7) is 1.89. The molecule has 25 heavy (non-hydrogen) atoms. The summed E-state index contributed by atoms with van der Waals surface area (Å²) in [5.74, 6) is -1.21. The lowest BCUT2D eigenvalue weighted by Gasteiger charge is -2.11. The molecule has 0 saturated heterocycles. The smallest absolute Gasteiger partial charge is 0.338 e. The Morgan fingerprint density at radius 1 is 1.16 bits per heavy atom. The van der Waals surface area contributed by atoms with E-state index in [1.165, 1.54) is 42.5 Å². The van der Waals surface area contributed by atoms with Crippen LogP contribution in [0.2, 0.25) is 0 Å². The molecule has 1 amide bonds. The Hall–Kier alpha value is -2.39. The maximum absolute atomic E-state index is 12.5. The summed E-state index contributed by atoms with van der Waals surface area (Å²) in [4.78, 5) is 22.8. The standard InChI is InChI=1S/C16H15BrN2O5S/c1-2-24-16(21)11-6-7-14(13(17)9-11)25(22,23)19-12-5-3-4-10(8-12)15(18)20/h3-9,19H,2H2,1H3,(H2,18,20). The summed E-state index contributed by atoms with van der Waals surface area (Å²) >= 11 is 3.15. The van der Waals surface area contributed by atoms with Crippen molar-refractivity contribution in [2.45, 2.75) is 11.8 Å². The number of rotatable bonds is 6. The van der Waals surface area contributed by atoms with Crippen LogP contribution in [0.25, 0.3) is 0 Å². The third kappa shape index (κ3) is 4.58. The molecule has 0 saturated carbocycles. The van der Waals surface area contributed by atoms with E-state index in [0.717, 1.165) is 0 Å². The van der Waals surface area contributed by atoms with E-state index in [1.54, 1.807) is 6.92 Å². The number of benzene rings is 2. The van der Waals surface area contributed by atoms with Gasteiger partial charge in [-0.3, -0.25) is 9.52 Å². The number of hydrogen-bond donors (Lipinski definition) is 2. The van der Waals surface area contributed by atoms with Crippen LogP contribution >= 0.6 is 15.9 Å². The number of carbonyl (C=O) groups excluding carboxylic acids is 2. The van der Waals surface area contributed by atoms with Crippen molar-refractivity contribution in [1.82, 2.24) is 0 Å². The van der Waals surface area contributed by atoms with E-state index >= 15 is 0 Å². The Kier molecular flexibility index (Phi) is 5.81. The zero-order valence-corrected chi connectivity index (χ0v) is 15.6. The highest BCUT2D eigenvalue weighted by atomic mass is 79.9. The molecular formula is C16H15BrN2O5S. The Morgan fingerprint density at radius 2 is 1.88 bits per heavy atom. The van der Waals surface area contributed by atoms with Gasteiger partial charge >= 0.3 is 5.97 Å². The van der Waals surface area contributed by atoms with Crippen molar-refractivity contribution in [2.24, 2.45) is 5.73 Å². The molecule has 0 radical (unpaired) electrons. The molecule has 0 fully saturated rings. The number of halogens is 1. The molecule has 0 spiro atoms. The second-order valence-electron chi connectivity index (χ2n) is 4.92. The minimum atomic E-state index is -3.94. The van der Waals surface area contributed by atoms with Crippen LogP contribution in [0.5, 0.6) is 0 Å². The van der Waals surface area contributed by atoms with Crippen molar-refractivity contribution in [2.75, 3.05) is 11.3 Å². The van der Waals surface area contributed by atoms with E-state index in [9.17, 15) is 18.0 Å². The predicted molar refractivity (Wildman–Crippen MR) is 95.9 cm³/mol. The highest BCUT2D eigenvalue weighted by Crippen LogP contribution is 2.26. The first-order valence-corrected chi connectivity index (χ1v) is 9.41. The largest absolute Gasteiger partial charge is 0.462 e. The van der Waals surface area contributed by atoms with Crippen LogP contribution in [-0.4, -0.2) is 26.9 Å². The molecule has 0 atom stereocenters. The van der Waals surface area contributed by atoms with Gasteiger partial charge in [0.2, 0.25) is 5.91 Å². The van der Waals surface area contributed by atoms with Crippen molar-refractivity contribution in [3.8, 4) is 0 Å². The predicted octanol–water partition coefficient (Wildman–Crippen LogP) is 2.53. The highest BCUT2D eigenvalue weighted by Gasteiger charge is 2.20. The van der Waals surface area contributed by atoms with Crippen LogP contribution in [0.4, 0.5) is 5.69 Å². The summed E-state index contributed by atoms with van der Waals surface area (Å²) in [5, 5.41) is 0. The van der Waals surface area contributed by atoms with Crippen LogP contribution in [0.1, 0.15) is 27.6 Å². The molecule has 0 aliphatic heterocycles. The highest BCUT2D eigenvalue weighted by molar-refractivity contribution is 9.10. The molecule has 2 rings (SSSR count). The fourth-order valence-corrected chi connectivity index (χ4v) is 4.13. The number of anilines is 1. The Balaban J connectivity index is 2.32. The van der Waals surface area contributed by atoms with E-state index in [-0.39, 0.29) is 32.8 Å². The van der Waals surface area contributed by atoms with Gasteiger partial charge in [-0.15, -0.1) is 0 Å². The van der Waals surface area contributed by atoms with Gasteiger partial charge in [-0.1, -0.05) is 6.07 Å². The molecular weight excluding hydrogens is 412 g/mol. The van der Waals surface area contributed by atoms with Gasteiger partial charge in [-0.05, 0) is 59.3 Å². The number of sulfonamides is 1. The van der Waals surface area contributed by atoms with Gasteiger partial charge in [0, 0.05) is 15.7 Å². The molecule has 0 unspecified atom stereocenters. The third-order valence-electron chi connectivity index (χ3n) is 3.13. The van der Waals surface area contributed by atoms with E-state index in [0.29, 0.717) is 0 Å². The van der Waals surface area contributed by atoms with Crippen LogP contribution < -0.4 is 10.5 Å². The van der Waals surface area contributed by atoms with Crippen molar-refractivity contribution < 1.29 is 22.7 Å². The number of esters is 1. The summed E-state index contributed by atoms with van der Waals surface area (Å²) in [6.07, 6.45) is 0. The molecule has 9 heteroatoms. The lowest BCUT2D eigenvalue weighted by molar-refractivity contribution is 0.0526. The maximum atomic E-state index is 12.5. The van der Waals surface area contributed by atoms with Crippen LogP contribution in [0.3, 0.4) is 0 Å². The number of ether oxygens (including phenoxy) is 1. The molecule has 2 aromatic rings. The molecule has 0 aliphatic carbocycles. The average molecular weight is 427 g/mol. The van der Waals surface area contributed by atoms with Crippen LogP contribution in [-0.2, 0) is 14.8 Å². The molecule has 2 aromatic carbocycles. The minimum absolute atomic E-state index is 0.0648. The van der Waals surface area contributed by atoms with Gasteiger partial charge < -0.3 is 10.5 Å². The Labute approximate surface area is 153 Å². The fraction of sp³-hybridized carbons (Fsp3) is 0.125. The summed E-state index contributed by atoms with van der Waals surface area (Å²) in [7, 11) is -3.94. The molecule has 7 nitrogen and oxygen atoms in total. The van der Waals surface area contributed by atoms with Gasteiger partial charge in [-0.25, -0.2) is 13.2 Å². The molecule has 0 heterocycles. The number of primary amides is 1. The topological polar surface area (TPSA) is 116 Å². The van der Waals surface area contributed by atoms with Gasteiger partial charge in [0.05, 0.1) is 12.2 Å². The molecule has 0 aliphatic rings. The number of hydrogen-bond acceptors (Lipinski definition) is 5. The second-order valence-corrected chi connectivity index (χ2v) is 7.42. The van der Waals surface area contributed by atoms with Gasteiger partial charge in [-0.2, -0.15) is 0 Å². The van der Waals surface area contributed by atoms with Crippen LogP contribution in [0.15, 0.2) is 51.8 Å². The molecule has 0 bridgehead atoms. The van der Waals surface area contributed by atoms with Gasteiger partial charge in [0.25, 0.3) is 10.0 Å². The van der Waals surface area contributed by atoms with E-state index < -0.39 is 21.9 Å². The molecule has 132 valence electrons. The SMILES string of the molecule is CCOC(=O)c1ccc(S(=O)(=O)Nc2cccc(C(N)=O)c2)c(Br)c1. The first-order valence-electron chi connectivity index (χ1n) is 7.14. The lowest BCUT2D eigenvalue weighted by Crippen LogP contribution is -2.16.